The molecule has 0 atom stereocenters. The van der Waals surface area contributed by atoms with Gasteiger partial charge in [-0.3, -0.25) is 0 Å². The molecule has 2 heteroatoms. The molecule has 1 N–H and O–H groups in total. The number of rotatable bonds is 1. The Labute approximate surface area is 76.8 Å². The van der Waals surface area contributed by atoms with Gasteiger partial charge in [0.1, 0.15) is 0 Å². The van der Waals surface area contributed by atoms with Crippen molar-refractivity contribution >= 4 is 10.9 Å². The average molecular weight is 170 g/mol. The van der Waals surface area contributed by atoms with Gasteiger partial charge in [0, 0.05) is 11.2 Å². The van der Waals surface area contributed by atoms with Crippen LogP contribution in [0.15, 0.2) is 24.3 Å². The van der Waals surface area contributed by atoms with Crippen molar-refractivity contribution in [1.29, 1.82) is 5.26 Å². The summed E-state index contributed by atoms with van der Waals surface area (Å²) < 4.78 is 0. The monoisotopic (exact) mass is 170 g/mol. The molecule has 2 rings (SSSR count). The molecule has 1 heterocycles. The largest absolute Gasteiger partial charge is 0.358 e. The van der Waals surface area contributed by atoms with Gasteiger partial charge >= 0.3 is 0 Å². The van der Waals surface area contributed by atoms with E-state index >= 15 is 0 Å². The van der Waals surface area contributed by atoms with Crippen LogP contribution in [0.5, 0.6) is 0 Å². The minimum Gasteiger partial charge on any atom is -0.358 e. The van der Waals surface area contributed by atoms with E-state index in [0.29, 0.717) is 6.42 Å². The fourth-order valence-corrected chi connectivity index (χ4v) is 1.48. The Morgan fingerprint density at radius 1 is 1.38 bits per heavy atom. The fraction of sp³-hybridized carbons (Fsp3) is 0.182. The number of nitriles is 1. The van der Waals surface area contributed by atoms with Crippen molar-refractivity contribution in [3.63, 3.8) is 0 Å². The number of aromatic nitrogens is 1. The molecule has 0 aliphatic rings. The van der Waals surface area contributed by atoms with Gasteiger partial charge in [-0.2, -0.15) is 5.26 Å². The van der Waals surface area contributed by atoms with Gasteiger partial charge in [0.25, 0.3) is 0 Å². The average Bonchev–Trinajstić information content (AvgIpc) is 2.46. The predicted molar refractivity (Wildman–Crippen MR) is 52.4 cm³/mol. The molecule has 1 aromatic carbocycles. The Kier molecular flexibility index (Phi) is 1.79. The van der Waals surface area contributed by atoms with Crippen molar-refractivity contribution in [1.82, 2.24) is 4.98 Å². The number of aromatic amines is 1. The molecule has 0 saturated heterocycles. The van der Waals surface area contributed by atoms with Crippen molar-refractivity contribution in [3.8, 4) is 6.07 Å². The maximum atomic E-state index is 8.53. The Bertz CT molecular complexity index is 474. The lowest BCUT2D eigenvalue weighted by atomic mass is 10.2. The standard InChI is InChI=1S/C11H10N2/c1-8-2-3-9-7-10(4-5-12)13-11(9)6-8/h2-3,6-7,13H,4H2,1H3. The second-order valence-electron chi connectivity index (χ2n) is 3.22. The third-order valence-electron chi connectivity index (χ3n) is 2.10. The molecular weight excluding hydrogens is 160 g/mol. The van der Waals surface area contributed by atoms with Crippen LogP contribution < -0.4 is 0 Å². The summed E-state index contributed by atoms with van der Waals surface area (Å²) in [5.74, 6) is 0. The second-order valence-corrected chi connectivity index (χ2v) is 3.22. The summed E-state index contributed by atoms with van der Waals surface area (Å²) in [4.78, 5) is 3.21. The molecule has 2 nitrogen and oxygen atoms in total. The van der Waals surface area contributed by atoms with Crippen molar-refractivity contribution in [2.75, 3.05) is 0 Å². The predicted octanol–water partition coefficient (Wildman–Crippen LogP) is 2.54. The van der Waals surface area contributed by atoms with Gasteiger partial charge in [0.05, 0.1) is 12.5 Å². The first kappa shape index (κ1) is 7.88. The maximum absolute atomic E-state index is 8.53. The van der Waals surface area contributed by atoms with Crippen LogP contribution in [0.3, 0.4) is 0 Å². The molecule has 0 radical (unpaired) electrons. The number of aryl methyl sites for hydroxylation is 1. The molecular formula is C11H10N2. The van der Waals surface area contributed by atoms with E-state index in [4.69, 9.17) is 5.26 Å². The summed E-state index contributed by atoms with van der Waals surface area (Å²) in [6.07, 6.45) is 0.452. The van der Waals surface area contributed by atoms with Gasteiger partial charge in [0.15, 0.2) is 0 Å². The second kappa shape index (κ2) is 2.95. The quantitative estimate of drug-likeness (QED) is 0.701. The fourth-order valence-electron chi connectivity index (χ4n) is 1.48. The Balaban J connectivity index is 2.57. The summed E-state index contributed by atoms with van der Waals surface area (Å²) in [6, 6.07) is 10.4. The van der Waals surface area contributed by atoms with E-state index in [1.165, 1.54) is 10.9 Å². The first-order chi connectivity index (χ1) is 6.29. The van der Waals surface area contributed by atoms with Crippen LogP contribution in [0.25, 0.3) is 10.9 Å². The van der Waals surface area contributed by atoms with Gasteiger partial charge in [-0.05, 0) is 30.0 Å². The van der Waals surface area contributed by atoms with Crippen molar-refractivity contribution in [2.45, 2.75) is 13.3 Å². The van der Waals surface area contributed by atoms with E-state index in [1.807, 2.05) is 6.07 Å². The highest BCUT2D eigenvalue weighted by atomic mass is 14.7. The van der Waals surface area contributed by atoms with Crippen LogP contribution >= 0.6 is 0 Å². The molecule has 0 amide bonds. The molecule has 1 aromatic heterocycles. The highest BCUT2D eigenvalue weighted by Crippen LogP contribution is 2.16. The molecule has 0 saturated carbocycles. The van der Waals surface area contributed by atoms with E-state index in [2.05, 4.69) is 36.2 Å². The Hall–Kier alpha value is -1.75. The Morgan fingerprint density at radius 3 is 3.00 bits per heavy atom. The number of hydrogen-bond acceptors (Lipinski definition) is 1. The van der Waals surface area contributed by atoms with Crippen LogP contribution in [0.2, 0.25) is 0 Å². The summed E-state index contributed by atoms with van der Waals surface area (Å²) in [5.41, 5.74) is 3.34. The van der Waals surface area contributed by atoms with Gasteiger partial charge in [-0.15, -0.1) is 0 Å². The van der Waals surface area contributed by atoms with Gasteiger partial charge < -0.3 is 4.98 Å². The molecule has 2 aromatic rings. The summed E-state index contributed by atoms with van der Waals surface area (Å²) >= 11 is 0. The lowest BCUT2D eigenvalue weighted by Crippen LogP contribution is -1.78. The number of hydrogen-bond donors (Lipinski definition) is 1. The van der Waals surface area contributed by atoms with E-state index < -0.39 is 0 Å². The number of H-pyrrole nitrogens is 1. The number of nitrogens with zero attached hydrogens (tertiary/aromatic N) is 1. The third-order valence-corrected chi connectivity index (χ3v) is 2.10. The first-order valence-electron chi connectivity index (χ1n) is 4.25. The van der Waals surface area contributed by atoms with Gasteiger partial charge in [-0.1, -0.05) is 12.1 Å². The number of fused-ring (bicyclic) bond motifs is 1. The summed E-state index contributed by atoms with van der Waals surface area (Å²) in [6.45, 7) is 2.06. The minimum atomic E-state index is 0.452. The van der Waals surface area contributed by atoms with Crippen molar-refractivity contribution in [3.05, 3.63) is 35.5 Å². The number of nitrogens with one attached hydrogen (secondary N) is 1. The van der Waals surface area contributed by atoms with E-state index in [9.17, 15) is 0 Å². The van der Waals surface area contributed by atoms with Gasteiger partial charge in [0.2, 0.25) is 0 Å². The molecule has 0 fully saturated rings. The SMILES string of the molecule is Cc1ccc2cc(CC#N)[nH]c2c1. The van der Waals surface area contributed by atoms with Crippen molar-refractivity contribution in [2.24, 2.45) is 0 Å². The number of benzene rings is 1. The van der Waals surface area contributed by atoms with Crippen LogP contribution in [0.1, 0.15) is 11.3 Å². The molecule has 13 heavy (non-hydrogen) atoms. The van der Waals surface area contributed by atoms with Crippen LogP contribution in [-0.2, 0) is 6.42 Å². The normalized spacial score (nSPS) is 10.2. The summed E-state index contributed by atoms with van der Waals surface area (Å²) in [7, 11) is 0. The molecule has 0 unspecified atom stereocenters. The molecule has 0 aliphatic carbocycles. The lowest BCUT2D eigenvalue weighted by Gasteiger charge is -1.90. The smallest absolute Gasteiger partial charge is 0.0752 e. The topological polar surface area (TPSA) is 39.6 Å². The highest BCUT2D eigenvalue weighted by molar-refractivity contribution is 5.81. The molecule has 0 spiro atoms. The van der Waals surface area contributed by atoms with E-state index in [-0.39, 0.29) is 0 Å². The van der Waals surface area contributed by atoms with Crippen LogP contribution in [-0.4, -0.2) is 4.98 Å². The van der Waals surface area contributed by atoms with Gasteiger partial charge in [-0.25, -0.2) is 0 Å². The molecule has 0 bridgehead atoms. The zero-order valence-corrected chi connectivity index (χ0v) is 7.46. The zero-order chi connectivity index (χ0) is 9.26. The van der Waals surface area contributed by atoms with Crippen LogP contribution in [0.4, 0.5) is 0 Å². The highest BCUT2D eigenvalue weighted by Gasteiger charge is 1.99. The zero-order valence-electron chi connectivity index (χ0n) is 7.46. The first-order valence-corrected chi connectivity index (χ1v) is 4.25. The Morgan fingerprint density at radius 2 is 2.23 bits per heavy atom. The summed E-state index contributed by atoms with van der Waals surface area (Å²) in [5, 5.41) is 9.71. The third kappa shape index (κ3) is 1.41. The van der Waals surface area contributed by atoms with Crippen LogP contribution in [0, 0.1) is 18.3 Å². The van der Waals surface area contributed by atoms with E-state index in [1.54, 1.807) is 0 Å². The van der Waals surface area contributed by atoms with E-state index in [0.717, 1.165) is 11.2 Å². The lowest BCUT2D eigenvalue weighted by molar-refractivity contribution is 1.17. The maximum Gasteiger partial charge on any atom is 0.0752 e. The molecule has 64 valence electrons. The molecule has 0 aliphatic heterocycles. The van der Waals surface area contributed by atoms with Crippen molar-refractivity contribution < 1.29 is 0 Å². The minimum absolute atomic E-state index is 0.452.